The smallest absolute Gasteiger partial charge is 0.127 e. The van der Waals surface area contributed by atoms with Gasteiger partial charge in [-0.15, -0.1) is 0 Å². The summed E-state index contributed by atoms with van der Waals surface area (Å²) in [7, 11) is 0. The lowest BCUT2D eigenvalue weighted by atomic mass is 9.85. The number of ether oxygens (including phenoxy) is 1. The van der Waals surface area contributed by atoms with E-state index in [1.54, 1.807) is 0 Å². The highest BCUT2D eigenvalue weighted by atomic mass is 16.5. The first-order valence-electron chi connectivity index (χ1n) is 7.50. The number of rotatable bonds is 1. The average molecular weight is 282 g/mol. The van der Waals surface area contributed by atoms with Crippen molar-refractivity contribution in [2.75, 3.05) is 0 Å². The van der Waals surface area contributed by atoms with Crippen LogP contribution in [0.2, 0.25) is 0 Å². The molecule has 2 heteroatoms. The quantitative estimate of drug-likeness (QED) is 0.815. The van der Waals surface area contributed by atoms with Crippen LogP contribution in [-0.4, -0.2) is 10.7 Å². The number of phenolic OH excluding ortho intramolecular Hbond substituents is 1. The number of hydrogen-bond acceptors (Lipinski definition) is 2. The fourth-order valence-corrected chi connectivity index (χ4v) is 3.06. The summed E-state index contributed by atoms with van der Waals surface area (Å²) in [5.74, 6) is 1.35. The van der Waals surface area contributed by atoms with Gasteiger partial charge in [0.2, 0.25) is 0 Å². The van der Waals surface area contributed by atoms with Crippen LogP contribution in [0.1, 0.15) is 37.0 Å². The van der Waals surface area contributed by atoms with E-state index in [1.165, 1.54) is 0 Å². The molecular formula is C19H22O2. The van der Waals surface area contributed by atoms with Gasteiger partial charge in [-0.05, 0) is 57.2 Å². The predicted molar refractivity (Wildman–Crippen MR) is 86.0 cm³/mol. The Morgan fingerprint density at radius 1 is 1.05 bits per heavy atom. The minimum Gasteiger partial charge on any atom is -0.507 e. The lowest BCUT2D eigenvalue weighted by Gasteiger charge is -2.35. The Morgan fingerprint density at radius 3 is 2.38 bits per heavy atom. The molecule has 0 fully saturated rings. The summed E-state index contributed by atoms with van der Waals surface area (Å²) in [5.41, 5.74) is 4.94. The van der Waals surface area contributed by atoms with Crippen molar-refractivity contribution >= 4 is 0 Å². The monoisotopic (exact) mass is 282 g/mol. The van der Waals surface area contributed by atoms with Gasteiger partial charge in [0.1, 0.15) is 17.1 Å². The van der Waals surface area contributed by atoms with Crippen LogP contribution in [0.3, 0.4) is 0 Å². The average Bonchev–Trinajstić information content (AvgIpc) is 2.47. The molecule has 21 heavy (non-hydrogen) atoms. The minimum absolute atomic E-state index is 0.144. The number of phenols is 1. The normalized spacial score (nSPS) is 16.2. The highest BCUT2D eigenvalue weighted by Crippen LogP contribution is 2.47. The lowest BCUT2D eigenvalue weighted by Crippen LogP contribution is -2.33. The predicted octanol–water partition coefficient (Wildman–Crippen LogP) is 4.78. The number of hydrogen-bond donors (Lipinski definition) is 1. The Hall–Kier alpha value is -1.96. The summed E-state index contributed by atoms with van der Waals surface area (Å²) >= 11 is 0. The molecule has 110 valence electrons. The third-order valence-corrected chi connectivity index (χ3v) is 4.49. The maximum Gasteiger partial charge on any atom is 0.127 e. The second kappa shape index (κ2) is 4.80. The molecule has 1 aliphatic heterocycles. The fourth-order valence-electron chi connectivity index (χ4n) is 3.06. The fraction of sp³-hybridized carbons (Fsp3) is 0.368. The second-order valence-electron chi connectivity index (χ2n) is 6.51. The van der Waals surface area contributed by atoms with Gasteiger partial charge in [-0.1, -0.05) is 30.3 Å². The Kier molecular flexibility index (Phi) is 3.20. The first kappa shape index (κ1) is 14.0. The molecule has 0 saturated heterocycles. The molecule has 0 radical (unpaired) electrons. The van der Waals surface area contributed by atoms with E-state index in [-0.39, 0.29) is 5.60 Å². The van der Waals surface area contributed by atoms with Crippen molar-refractivity contribution in [3.8, 4) is 22.6 Å². The second-order valence-corrected chi connectivity index (χ2v) is 6.51. The van der Waals surface area contributed by atoms with Crippen LogP contribution in [-0.2, 0) is 6.42 Å². The maximum atomic E-state index is 10.7. The van der Waals surface area contributed by atoms with Crippen LogP contribution in [0.5, 0.6) is 11.5 Å². The van der Waals surface area contributed by atoms with E-state index in [0.717, 1.165) is 46.4 Å². The van der Waals surface area contributed by atoms with Crippen LogP contribution in [0.25, 0.3) is 11.1 Å². The first-order valence-corrected chi connectivity index (χ1v) is 7.50. The van der Waals surface area contributed by atoms with Crippen LogP contribution < -0.4 is 4.74 Å². The molecule has 0 bridgehead atoms. The molecule has 1 N–H and O–H groups in total. The zero-order chi connectivity index (χ0) is 15.2. The van der Waals surface area contributed by atoms with Crippen molar-refractivity contribution in [2.45, 2.75) is 46.1 Å². The molecule has 0 aliphatic carbocycles. The van der Waals surface area contributed by atoms with Crippen molar-refractivity contribution in [1.82, 2.24) is 0 Å². The summed E-state index contributed by atoms with van der Waals surface area (Å²) < 4.78 is 6.24. The molecule has 3 rings (SSSR count). The molecule has 0 spiro atoms. The van der Waals surface area contributed by atoms with E-state index in [2.05, 4.69) is 13.8 Å². The zero-order valence-electron chi connectivity index (χ0n) is 13.2. The molecule has 2 nitrogen and oxygen atoms in total. The van der Waals surface area contributed by atoms with Gasteiger partial charge in [-0.3, -0.25) is 0 Å². The van der Waals surface area contributed by atoms with Crippen LogP contribution >= 0.6 is 0 Å². The van der Waals surface area contributed by atoms with Gasteiger partial charge >= 0.3 is 0 Å². The summed E-state index contributed by atoms with van der Waals surface area (Å²) in [6.07, 6.45) is 1.89. The van der Waals surface area contributed by atoms with Gasteiger partial charge in [0, 0.05) is 11.1 Å². The van der Waals surface area contributed by atoms with Crippen molar-refractivity contribution in [3.05, 3.63) is 47.0 Å². The molecular weight excluding hydrogens is 260 g/mol. The lowest BCUT2D eigenvalue weighted by molar-refractivity contribution is 0.0836. The summed E-state index contributed by atoms with van der Waals surface area (Å²) in [4.78, 5) is 0. The Morgan fingerprint density at radius 2 is 1.71 bits per heavy atom. The molecule has 0 unspecified atom stereocenters. The molecule has 1 aliphatic rings. The van der Waals surface area contributed by atoms with Gasteiger partial charge < -0.3 is 9.84 Å². The van der Waals surface area contributed by atoms with Crippen LogP contribution in [0.15, 0.2) is 30.3 Å². The van der Waals surface area contributed by atoms with E-state index in [0.29, 0.717) is 5.75 Å². The van der Waals surface area contributed by atoms with Gasteiger partial charge in [0.15, 0.2) is 0 Å². The summed E-state index contributed by atoms with van der Waals surface area (Å²) in [6, 6.07) is 10.1. The van der Waals surface area contributed by atoms with Gasteiger partial charge in [0.05, 0.1) is 0 Å². The van der Waals surface area contributed by atoms with Crippen molar-refractivity contribution in [1.29, 1.82) is 0 Å². The standard InChI is InChI=1S/C19H22O2/c1-12-13(2)18-15(10-11-19(3,4)21-18)16(17(12)20)14-8-6-5-7-9-14/h5-9,20H,10-11H2,1-4H3. The van der Waals surface area contributed by atoms with Gasteiger partial charge in [-0.25, -0.2) is 0 Å². The molecule has 0 saturated carbocycles. The molecule has 1 heterocycles. The highest BCUT2D eigenvalue weighted by molar-refractivity contribution is 5.79. The third kappa shape index (κ3) is 2.29. The van der Waals surface area contributed by atoms with E-state index >= 15 is 0 Å². The number of fused-ring (bicyclic) bond motifs is 1. The maximum absolute atomic E-state index is 10.7. The summed E-state index contributed by atoms with van der Waals surface area (Å²) in [5, 5.41) is 10.7. The SMILES string of the molecule is Cc1c(C)c2c(c(-c3ccccc3)c1O)CCC(C)(C)O2. The van der Waals surface area contributed by atoms with E-state index in [9.17, 15) is 5.11 Å². The van der Waals surface area contributed by atoms with Crippen molar-refractivity contribution in [2.24, 2.45) is 0 Å². The third-order valence-electron chi connectivity index (χ3n) is 4.49. The first-order chi connectivity index (χ1) is 9.91. The number of benzene rings is 2. The molecule has 0 aromatic heterocycles. The highest BCUT2D eigenvalue weighted by Gasteiger charge is 2.32. The van der Waals surface area contributed by atoms with Gasteiger partial charge in [-0.2, -0.15) is 0 Å². The molecule has 0 amide bonds. The molecule has 2 aromatic rings. The molecule has 2 aromatic carbocycles. The Labute approximate surface area is 126 Å². The van der Waals surface area contributed by atoms with Crippen LogP contribution in [0, 0.1) is 13.8 Å². The molecule has 0 atom stereocenters. The largest absolute Gasteiger partial charge is 0.507 e. The van der Waals surface area contributed by atoms with E-state index in [1.807, 2.05) is 44.2 Å². The number of aromatic hydroxyl groups is 1. The summed E-state index contributed by atoms with van der Waals surface area (Å²) in [6.45, 7) is 8.24. The minimum atomic E-state index is -0.144. The topological polar surface area (TPSA) is 29.5 Å². The van der Waals surface area contributed by atoms with E-state index in [4.69, 9.17) is 4.74 Å². The van der Waals surface area contributed by atoms with Crippen molar-refractivity contribution < 1.29 is 9.84 Å². The van der Waals surface area contributed by atoms with E-state index < -0.39 is 0 Å². The van der Waals surface area contributed by atoms with Crippen LogP contribution in [0.4, 0.5) is 0 Å². The van der Waals surface area contributed by atoms with Gasteiger partial charge in [0.25, 0.3) is 0 Å². The Bertz CT molecular complexity index is 685. The van der Waals surface area contributed by atoms with Crippen molar-refractivity contribution in [3.63, 3.8) is 0 Å². The zero-order valence-corrected chi connectivity index (χ0v) is 13.2. The Balaban J connectivity index is 2.29.